The standard InChI is InChI=1S/C29H29N3O5/c1-4-37-28(35)22-11-13-23(14-12-22)30-26(33)17-25-27(34)32(24-15-7-20(3)8-16-24)29(36)31(25)18-21-9-5-19(2)6-10-21/h5-16,25H,4,17-18H2,1-3H3,(H,30,33). The van der Waals surface area contributed by atoms with Crippen molar-refractivity contribution in [3.63, 3.8) is 0 Å². The predicted molar refractivity (Wildman–Crippen MR) is 140 cm³/mol. The fourth-order valence-corrected chi connectivity index (χ4v) is 4.13. The molecule has 37 heavy (non-hydrogen) atoms. The molecule has 0 aliphatic carbocycles. The van der Waals surface area contributed by atoms with Gasteiger partial charge in [0.1, 0.15) is 6.04 Å². The quantitative estimate of drug-likeness (QED) is 0.353. The van der Waals surface area contributed by atoms with Crippen molar-refractivity contribution in [2.75, 3.05) is 16.8 Å². The summed E-state index contributed by atoms with van der Waals surface area (Å²) < 4.78 is 4.97. The first kappa shape index (κ1) is 25.6. The zero-order valence-electron chi connectivity index (χ0n) is 21.1. The molecule has 1 saturated heterocycles. The molecule has 8 heteroatoms. The smallest absolute Gasteiger partial charge is 0.338 e. The lowest BCUT2D eigenvalue weighted by atomic mass is 10.1. The lowest BCUT2D eigenvalue weighted by molar-refractivity contribution is -0.124. The third kappa shape index (κ3) is 5.86. The number of rotatable bonds is 8. The summed E-state index contributed by atoms with van der Waals surface area (Å²) in [7, 11) is 0. The number of imide groups is 1. The maximum absolute atomic E-state index is 13.5. The van der Waals surface area contributed by atoms with E-state index in [-0.39, 0.29) is 19.6 Å². The van der Waals surface area contributed by atoms with Crippen molar-refractivity contribution in [1.82, 2.24) is 4.90 Å². The molecule has 190 valence electrons. The molecular weight excluding hydrogens is 470 g/mol. The Labute approximate surface area is 215 Å². The molecule has 4 rings (SSSR count). The molecule has 0 aromatic heterocycles. The van der Waals surface area contributed by atoms with E-state index in [1.807, 2.05) is 50.2 Å². The summed E-state index contributed by atoms with van der Waals surface area (Å²) in [5.41, 5.74) is 4.25. The lowest BCUT2D eigenvalue weighted by Crippen LogP contribution is -2.37. The predicted octanol–water partition coefficient (Wildman–Crippen LogP) is 4.85. The SMILES string of the molecule is CCOC(=O)c1ccc(NC(=O)CC2C(=O)N(c3ccc(C)cc3)C(=O)N2Cc2ccc(C)cc2)cc1. The summed E-state index contributed by atoms with van der Waals surface area (Å²) >= 11 is 0. The van der Waals surface area contributed by atoms with Crippen LogP contribution in [-0.4, -0.2) is 41.4 Å². The van der Waals surface area contributed by atoms with E-state index in [4.69, 9.17) is 4.74 Å². The maximum Gasteiger partial charge on any atom is 0.338 e. The van der Waals surface area contributed by atoms with Gasteiger partial charge in [0.15, 0.2) is 0 Å². The van der Waals surface area contributed by atoms with Crippen molar-refractivity contribution in [3.05, 3.63) is 95.1 Å². The van der Waals surface area contributed by atoms with Crippen LogP contribution >= 0.6 is 0 Å². The van der Waals surface area contributed by atoms with Crippen molar-refractivity contribution in [1.29, 1.82) is 0 Å². The van der Waals surface area contributed by atoms with Crippen molar-refractivity contribution in [2.24, 2.45) is 0 Å². The fraction of sp³-hybridized carbons (Fsp3) is 0.241. The second kappa shape index (κ2) is 11.1. The molecule has 1 aliphatic rings. The Morgan fingerprint density at radius 3 is 2.05 bits per heavy atom. The lowest BCUT2D eigenvalue weighted by Gasteiger charge is -2.22. The minimum atomic E-state index is -0.964. The first-order valence-electron chi connectivity index (χ1n) is 12.1. The van der Waals surface area contributed by atoms with Crippen LogP contribution in [0.15, 0.2) is 72.8 Å². The normalized spacial score (nSPS) is 15.2. The number of nitrogens with one attached hydrogen (secondary N) is 1. The van der Waals surface area contributed by atoms with E-state index in [0.717, 1.165) is 21.6 Å². The Morgan fingerprint density at radius 1 is 0.865 bits per heavy atom. The van der Waals surface area contributed by atoms with Crippen LogP contribution in [0.25, 0.3) is 0 Å². The van der Waals surface area contributed by atoms with Gasteiger partial charge in [-0.3, -0.25) is 9.59 Å². The largest absolute Gasteiger partial charge is 0.462 e. The molecule has 1 fully saturated rings. The summed E-state index contributed by atoms with van der Waals surface area (Å²) in [6.07, 6.45) is -0.210. The Bertz CT molecular complexity index is 1300. The van der Waals surface area contributed by atoms with Crippen LogP contribution in [0.3, 0.4) is 0 Å². The second-order valence-electron chi connectivity index (χ2n) is 8.97. The number of hydrogen-bond acceptors (Lipinski definition) is 5. The Morgan fingerprint density at radius 2 is 1.46 bits per heavy atom. The highest BCUT2D eigenvalue weighted by Gasteiger charge is 2.46. The van der Waals surface area contributed by atoms with Crippen molar-refractivity contribution >= 4 is 35.2 Å². The Balaban J connectivity index is 1.54. The van der Waals surface area contributed by atoms with Crippen LogP contribution < -0.4 is 10.2 Å². The molecule has 8 nitrogen and oxygen atoms in total. The van der Waals surface area contributed by atoms with Gasteiger partial charge in [0, 0.05) is 12.2 Å². The van der Waals surface area contributed by atoms with Crippen LogP contribution in [0, 0.1) is 13.8 Å². The molecule has 3 aromatic carbocycles. The number of hydrogen-bond donors (Lipinski definition) is 1. The van der Waals surface area contributed by atoms with E-state index in [0.29, 0.717) is 16.9 Å². The monoisotopic (exact) mass is 499 g/mol. The average molecular weight is 500 g/mol. The average Bonchev–Trinajstić information content (AvgIpc) is 3.10. The second-order valence-corrected chi connectivity index (χ2v) is 8.97. The number of aryl methyl sites for hydroxylation is 2. The Kier molecular flexibility index (Phi) is 7.67. The van der Waals surface area contributed by atoms with Crippen molar-refractivity contribution in [2.45, 2.75) is 39.8 Å². The van der Waals surface area contributed by atoms with Gasteiger partial charge < -0.3 is 15.0 Å². The maximum atomic E-state index is 13.5. The van der Waals surface area contributed by atoms with E-state index >= 15 is 0 Å². The van der Waals surface area contributed by atoms with Crippen LogP contribution in [-0.2, 0) is 20.9 Å². The first-order chi connectivity index (χ1) is 17.8. The molecule has 0 radical (unpaired) electrons. The van der Waals surface area contributed by atoms with Crippen molar-refractivity contribution in [3.8, 4) is 0 Å². The molecule has 1 heterocycles. The highest BCUT2D eigenvalue weighted by Crippen LogP contribution is 2.29. The number of nitrogens with zero attached hydrogens (tertiary/aromatic N) is 2. The van der Waals surface area contributed by atoms with E-state index in [9.17, 15) is 19.2 Å². The van der Waals surface area contributed by atoms with Gasteiger partial charge in [0.05, 0.1) is 24.3 Å². The number of urea groups is 1. The summed E-state index contributed by atoms with van der Waals surface area (Å²) in [5, 5.41) is 2.76. The zero-order valence-corrected chi connectivity index (χ0v) is 21.1. The van der Waals surface area contributed by atoms with Gasteiger partial charge in [-0.25, -0.2) is 14.5 Å². The zero-order chi connectivity index (χ0) is 26.5. The molecule has 4 amide bonds. The van der Waals surface area contributed by atoms with E-state index < -0.39 is 29.9 Å². The van der Waals surface area contributed by atoms with Gasteiger partial charge >= 0.3 is 12.0 Å². The minimum absolute atomic E-state index is 0.194. The molecule has 1 unspecified atom stereocenters. The molecule has 1 atom stereocenters. The first-order valence-corrected chi connectivity index (χ1v) is 12.1. The molecule has 1 aliphatic heterocycles. The van der Waals surface area contributed by atoms with Crippen molar-refractivity contribution < 1.29 is 23.9 Å². The third-order valence-electron chi connectivity index (χ3n) is 6.14. The van der Waals surface area contributed by atoms with Crippen LogP contribution in [0.1, 0.15) is 40.4 Å². The van der Waals surface area contributed by atoms with E-state index in [1.165, 1.54) is 4.90 Å². The minimum Gasteiger partial charge on any atom is -0.462 e. The van der Waals surface area contributed by atoms with Crippen LogP contribution in [0.5, 0.6) is 0 Å². The van der Waals surface area contributed by atoms with Gasteiger partial charge in [0.2, 0.25) is 5.91 Å². The van der Waals surface area contributed by atoms with Gasteiger partial charge in [-0.2, -0.15) is 0 Å². The highest BCUT2D eigenvalue weighted by atomic mass is 16.5. The van der Waals surface area contributed by atoms with Crippen LogP contribution in [0.2, 0.25) is 0 Å². The summed E-state index contributed by atoms with van der Waals surface area (Å²) in [4.78, 5) is 54.3. The number of carbonyl (C=O) groups excluding carboxylic acids is 4. The summed E-state index contributed by atoms with van der Waals surface area (Å²) in [6.45, 7) is 6.08. The molecule has 1 N–H and O–H groups in total. The number of benzene rings is 3. The molecule has 0 saturated carbocycles. The van der Waals surface area contributed by atoms with E-state index in [2.05, 4.69) is 5.32 Å². The molecule has 3 aromatic rings. The topological polar surface area (TPSA) is 96.0 Å². The number of anilines is 2. The third-order valence-corrected chi connectivity index (χ3v) is 6.14. The highest BCUT2D eigenvalue weighted by molar-refractivity contribution is 6.22. The van der Waals surface area contributed by atoms with Gasteiger partial charge in [-0.05, 0) is 62.7 Å². The van der Waals surface area contributed by atoms with Gasteiger partial charge in [0.25, 0.3) is 5.91 Å². The van der Waals surface area contributed by atoms with Crippen LogP contribution in [0.4, 0.5) is 16.2 Å². The number of amides is 4. The van der Waals surface area contributed by atoms with Gasteiger partial charge in [-0.15, -0.1) is 0 Å². The molecular formula is C29H29N3O5. The number of carbonyl (C=O) groups is 4. The number of ether oxygens (including phenoxy) is 1. The summed E-state index contributed by atoms with van der Waals surface area (Å²) in [6, 6.07) is 19.7. The molecule has 0 bridgehead atoms. The number of esters is 1. The molecule has 0 spiro atoms. The van der Waals surface area contributed by atoms with Gasteiger partial charge in [-0.1, -0.05) is 47.5 Å². The van der Waals surface area contributed by atoms with E-state index in [1.54, 1.807) is 43.3 Å². The Hall–Kier alpha value is -4.46. The fourth-order valence-electron chi connectivity index (χ4n) is 4.13. The summed E-state index contributed by atoms with van der Waals surface area (Å²) in [5.74, 6) is -1.32.